The van der Waals surface area contributed by atoms with Crippen LogP contribution in [-0.4, -0.2) is 38.3 Å². The number of carboxylic acids is 1. The van der Waals surface area contributed by atoms with Gasteiger partial charge < -0.3 is 10.4 Å². The van der Waals surface area contributed by atoms with Gasteiger partial charge in [0.1, 0.15) is 5.82 Å². The predicted molar refractivity (Wildman–Crippen MR) is 67.8 cm³/mol. The number of aromatic carboxylic acids is 1. The van der Waals surface area contributed by atoms with Crippen molar-refractivity contribution >= 4 is 22.6 Å². The fraction of sp³-hybridized carbons (Fsp3) is 0.455. The molecule has 2 atom stereocenters. The van der Waals surface area contributed by atoms with Crippen LogP contribution in [0.5, 0.6) is 0 Å². The number of aromatic nitrogens is 1. The first-order valence-corrected chi connectivity index (χ1v) is 6.89. The summed E-state index contributed by atoms with van der Waals surface area (Å²) >= 11 is 0. The summed E-state index contributed by atoms with van der Waals surface area (Å²) in [4.78, 5) is 14.6. The summed E-state index contributed by atoms with van der Waals surface area (Å²) in [6, 6.07) is 4.79. The van der Waals surface area contributed by atoms with Crippen molar-refractivity contribution in [3.63, 3.8) is 0 Å². The van der Waals surface area contributed by atoms with Crippen molar-refractivity contribution in [2.75, 3.05) is 18.1 Å². The molecular weight excluding hydrogens is 240 g/mol. The molecule has 1 aromatic rings. The van der Waals surface area contributed by atoms with E-state index in [0.717, 1.165) is 6.42 Å². The summed E-state index contributed by atoms with van der Waals surface area (Å²) in [5.74, 6) is -0.518. The molecule has 1 heterocycles. The highest BCUT2D eigenvalue weighted by Crippen LogP contribution is 2.06. The van der Waals surface area contributed by atoms with Gasteiger partial charge in [0.25, 0.3) is 0 Å². The van der Waals surface area contributed by atoms with Crippen molar-refractivity contribution in [2.45, 2.75) is 18.6 Å². The molecule has 17 heavy (non-hydrogen) atoms. The first kappa shape index (κ1) is 13.6. The molecule has 0 spiro atoms. The van der Waals surface area contributed by atoms with Gasteiger partial charge in [-0.25, -0.2) is 9.78 Å². The molecule has 0 radical (unpaired) electrons. The highest BCUT2D eigenvalue weighted by molar-refractivity contribution is 7.84. The topological polar surface area (TPSA) is 79.3 Å². The second-order valence-electron chi connectivity index (χ2n) is 3.74. The van der Waals surface area contributed by atoms with Gasteiger partial charge in [-0.1, -0.05) is 13.0 Å². The third-order valence-electron chi connectivity index (χ3n) is 2.39. The standard InChI is InChI=1S/C11H16N2O3S/c1-8(17(2)16)6-7-12-10-5-3-4-9(13-10)11(14)15/h3-5,8H,6-7H2,1-2H3,(H,12,13)(H,14,15). The second-order valence-corrected chi connectivity index (χ2v) is 5.54. The van der Waals surface area contributed by atoms with E-state index in [4.69, 9.17) is 5.11 Å². The van der Waals surface area contributed by atoms with Gasteiger partial charge in [0.05, 0.1) is 0 Å². The minimum absolute atomic E-state index is 0.0158. The minimum Gasteiger partial charge on any atom is -0.477 e. The third-order valence-corrected chi connectivity index (χ3v) is 3.76. The van der Waals surface area contributed by atoms with Gasteiger partial charge in [0, 0.05) is 28.9 Å². The highest BCUT2D eigenvalue weighted by Gasteiger charge is 2.07. The lowest BCUT2D eigenvalue weighted by atomic mass is 10.3. The van der Waals surface area contributed by atoms with Crippen LogP contribution >= 0.6 is 0 Å². The van der Waals surface area contributed by atoms with Crippen LogP contribution < -0.4 is 5.32 Å². The largest absolute Gasteiger partial charge is 0.477 e. The number of carboxylic acid groups (broad SMARTS) is 1. The Morgan fingerprint density at radius 2 is 2.29 bits per heavy atom. The Labute approximate surface area is 103 Å². The van der Waals surface area contributed by atoms with Gasteiger partial charge in [-0.15, -0.1) is 0 Å². The van der Waals surface area contributed by atoms with E-state index in [1.807, 2.05) is 6.92 Å². The molecule has 2 N–H and O–H groups in total. The fourth-order valence-electron chi connectivity index (χ4n) is 1.22. The number of anilines is 1. The Morgan fingerprint density at radius 1 is 1.59 bits per heavy atom. The second kappa shape index (κ2) is 6.34. The lowest BCUT2D eigenvalue weighted by molar-refractivity contribution is 0.0690. The zero-order chi connectivity index (χ0) is 12.8. The summed E-state index contributed by atoms with van der Waals surface area (Å²) < 4.78 is 11.1. The molecule has 6 heteroatoms. The third kappa shape index (κ3) is 4.52. The van der Waals surface area contributed by atoms with Gasteiger partial charge in [-0.3, -0.25) is 4.21 Å². The molecule has 0 aromatic carbocycles. The van der Waals surface area contributed by atoms with E-state index < -0.39 is 16.8 Å². The quantitative estimate of drug-likeness (QED) is 0.803. The molecule has 0 aliphatic heterocycles. The number of rotatable bonds is 6. The van der Waals surface area contributed by atoms with Crippen molar-refractivity contribution in [3.8, 4) is 0 Å². The van der Waals surface area contributed by atoms with Gasteiger partial charge in [-0.2, -0.15) is 0 Å². The monoisotopic (exact) mass is 256 g/mol. The van der Waals surface area contributed by atoms with Gasteiger partial charge >= 0.3 is 5.97 Å². The molecule has 2 unspecified atom stereocenters. The van der Waals surface area contributed by atoms with Crippen LogP contribution in [0.1, 0.15) is 23.8 Å². The molecule has 0 amide bonds. The Balaban J connectivity index is 2.49. The number of carbonyl (C=O) groups is 1. The van der Waals surface area contributed by atoms with E-state index in [1.165, 1.54) is 6.07 Å². The summed E-state index contributed by atoms with van der Waals surface area (Å²) in [5, 5.41) is 11.9. The average molecular weight is 256 g/mol. The van der Waals surface area contributed by atoms with Crippen LogP contribution in [-0.2, 0) is 10.8 Å². The van der Waals surface area contributed by atoms with Crippen molar-refractivity contribution in [1.29, 1.82) is 0 Å². The molecule has 94 valence electrons. The van der Waals surface area contributed by atoms with E-state index in [1.54, 1.807) is 18.4 Å². The Morgan fingerprint density at radius 3 is 2.88 bits per heavy atom. The molecule has 1 aromatic heterocycles. The Bertz CT molecular complexity index is 423. The van der Waals surface area contributed by atoms with E-state index in [-0.39, 0.29) is 10.9 Å². The lowest BCUT2D eigenvalue weighted by Crippen LogP contribution is -2.15. The summed E-state index contributed by atoms with van der Waals surface area (Å²) in [5.41, 5.74) is 0.0158. The van der Waals surface area contributed by atoms with Crippen LogP contribution in [0, 0.1) is 0 Å². The molecule has 0 bridgehead atoms. The summed E-state index contributed by atoms with van der Waals surface area (Å²) in [7, 11) is -0.834. The molecule has 1 rings (SSSR count). The number of pyridine rings is 1. The number of nitrogens with one attached hydrogen (secondary N) is 1. The molecule has 0 saturated heterocycles. The zero-order valence-electron chi connectivity index (χ0n) is 9.84. The van der Waals surface area contributed by atoms with Crippen molar-refractivity contribution in [1.82, 2.24) is 4.98 Å². The first-order chi connectivity index (χ1) is 8.00. The van der Waals surface area contributed by atoms with Gasteiger partial charge in [0.15, 0.2) is 5.69 Å². The molecular formula is C11H16N2O3S. The van der Waals surface area contributed by atoms with Crippen molar-refractivity contribution in [2.24, 2.45) is 0 Å². The zero-order valence-corrected chi connectivity index (χ0v) is 10.7. The normalized spacial score (nSPS) is 14.0. The first-order valence-electron chi connectivity index (χ1n) is 5.27. The van der Waals surface area contributed by atoms with E-state index in [2.05, 4.69) is 10.3 Å². The van der Waals surface area contributed by atoms with Crippen LogP contribution in [0.2, 0.25) is 0 Å². The van der Waals surface area contributed by atoms with Crippen LogP contribution in [0.15, 0.2) is 18.2 Å². The smallest absolute Gasteiger partial charge is 0.354 e. The maximum absolute atomic E-state index is 11.1. The summed E-state index contributed by atoms with van der Waals surface area (Å²) in [6.45, 7) is 2.54. The van der Waals surface area contributed by atoms with Gasteiger partial charge in [0.2, 0.25) is 0 Å². The fourth-order valence-corrected chi connectivity index (χ4v) is 1.67. The number of hydrogen-bond acceptors (Lipinski definition) is 4. The molecule has 0 fully saturated rings. The van der Waals surface area contributed by atoms with E-state index in [0.29, 0.717) is 12.4 Å². The minimum atomic E-state index is -1.04. The molecule has 0 aliphatic carbocycles. The molecule has 0 aliphatic rings. The highest BCUT2D eigenvalue weighted by atomic mass is 32.2. The lowest BCUT2D eigenvalue weighted by Gasteiger charge is -2.09. The maximum atomic E-state index is 11.1. The van der Waals surface area contributed by atoms with Crippen LogP contribution in [0.25, 0.3) is 0 Å². The van der Waals surface area contributed by atoms with Crippen LogP contribution in [0.3, 0.4) is 0 Å². The van der Waals surface area contributed by atoms with E-state index >= 15 is 0 Å². The Hall–Kier alpha value is -1.43. The predicted octanol–water partition coefficient (Wildman–Crippen LogP) is 1.35. The van der Waals surface area contributed by atoms with Crippen molar-refractivity contribution < 1.29 is 14.1 Å². The molecule has 0 saturated carbocycles. The van der Waals surface area contributed by atoms with Crippen LogP contribution in [0.4, 0.5) is 5.82 Å². The Kier molecular flexibility index (Phi) is 5.09. The maximum Gasteiger partial charge on any atom is 0.354 e. The summed E-state index contributed by atoms with van der Waals surface area (Å²) in [6.07, 6.45) is 2.43. The number of nitrogens with zero attached hydrogens (tertiary/aromatic N) is 1. The average Bonchev–Trinajstić information content (AvgIpc) is 2.29. The number of hydrogen-bond donors (Lipinski definition) is 2. The molecule has 5 nitrogen and oxygen atoms in total. The SMILES string of the molecule is CC(CCNc1cccc(C(=O)O)n1)S(C)=O. The van der Waals surface area contributed by atoms with Crippen molar-refractivity contribution in [3.05, 3.63) is 23.9 Å². The van der Waals surface area contributed by atoms with E-state index in [9.17, 15) is 9.00 Å². The van der Waals surface area contributed by atoms with Gasteiger partial charge in [-0.05, 0) is 18.6 Å².